The summed E-state index contributed by atoms with van der Waals surface area (Å²) in [6.45, 7) is 7.97. The summed E-state index contributed by atoms with van der Waals surface area (Å²) in [5, 5.41) is 3.61. The zero-order chi connectivity index (χ0) is 11.5. The Morgan fingerprint density at radius 3 is 2.75 bits per heavy atom. The minimum Gasteiger partial charge on any atom is -0.310 e. The van der Waals surface area contributed by atoms with Crippen LogP contribution in [0, 0.1) is 0 Å². The van der Waals surface area contributed by atoms with Crippen molar-refractivity contribution in [2.75, 3.05) is 6.54 Å². The van der Waals surface area contributed by atoms with E-state index in [-0.39, 0.29) is 0 Å². The zero-order valence-corrected chi connectivity index (χ0v) is 10.7. The van der Waals surface area contributed by atoms with Crippen LogP contribution in [-0.4, -0.2) is 6.54 Å². The van der Waals surface area contributed by atoms with Crippen molar-refractivity contribution in [2.45, 2.75) is 52.0 Å². The van der Waals surface area contributed by atoms with E-state index >= 15 is 0 Å². The summed E-state index contributed by atoms with van der Waals surface area (Å²) in [6, 6.07) is 7.65. The summed E-state index contributed by atoms with van der Waals surface area (Å²) >= 11 is 0. The predicted molar refractivity (Wildman–Crippen MR) is 69.9 cm³/mol. The van der Waals surface area contributed by atoms with Crippen molar-refractivity contribution in [1.82, 2.24) is 5.32 Å². The molecule has 1 fully saturated rings. The number of hydrogen-bond donors (Lipinski definition) is 1. The number of nitrogens with one attached hydrogen (secondary N) is 1. The van der Waals surface area contributed by atoms with E-state index in [1.807, 2.05) is 0 Å². The first kappa shape index (κ1) is 11.7. The molecule has 1 aromatic rings. The highest BCUT2D eigenvalue weighted by Crippen LogP contribution is 2.29. The summed E-state index contributed by atoms with van der Waals surface area (Å²) in [5.41, 5.74) is 4.54. The van der Waals surface area contributed by atoms with Gasteiger partial charge < -0.3 is 5.32 Å². The fourth-order valence-corrected chi connectivity index (χ4v) is 2.57. The smallest absolute Gasteiger partial charge is 0.0323 e. The van der Waals surface area contributed by atoms with Gasteiger partial charge in [-0.05, 0) is 48.4 Å². The lowest BCUT2D eigenvalue weighted by Gasteiger charge is -2.18. The van der Waals surface area contributed by atoms with Crippen LogP contribution in [0.1, 0.15) is 62.3 Å². The Kier molecular flexibility index (Phi) is 3.65. The Hall–Kier alpha value is -0.820. The van der Waals surface area contributed by atoms with E-state index in [2.05, 4.69) is 44.3 Å². The first-order valence-corrected chi connectivity index (χ1v) is 6.58. The van der Waals surface area contributed by atoms with Gasteiger partial charge in [0.15, 0.2) is 0 Å². The van der Waals surface area contributed by atoms with Crippen LogP contribution < -0.4 is 5.32 Å². The van der Waals surface area contributed by atoms with Crippen LogP contribution in [0.2, 0.25) is 0 Å². The molecule has 1 saturated heterocycles. The fraction of sp³-hybridized carbons (Fsp3) is 0.600. The predicted octanol–water partition coefficient (Wildman–Crippen LogP) is 3.80. The van der Waals surface area contributed by atoms with Gasteiger partial charge in [0.2, 0.25) is 0 Å². The highest BCUT2D eigenvalue weighted by molar-refractivity contribution is 5.36. The SMILES string of the molecule is CCc1ccc(C(C)C)cc1C1CCCN1. The Morgan fingerprint density at radius 2 is 2.19 bits per heavy atom. The van der Waals surface area contributed by atoms with Gasteiger partial charge in [-0.2, -0.15) is 0 Å². The molecule has 0 bridgehead atoms. The average molecular weight is 217 g/mol. The van der Waals surface area contributed by atoms with Gasteiger partial charge in [0.05, 0.1) is 0 Å². The lowest BCUT2D eigenvalue weighted by atomic mass is 9.92. The van der Waals surface area contributed by atoms with Gasteiger partial charge in [0.1, 0.15) is 0 Å². The molecule has 1 aliphatic rings. The van der Waals surface area contributed by atoms with E-state index in [0.29, 0.717) is 12.0 Å². The quantitative estimate of drug-likeness (QED) is 0.812. The van der Waals surface area contributed by atoms with Crippen LogP contribution in [0.25, 0.3) is 0 Å². The lowest BCUT2D eigenvalue weighted by molar-refractivity contribution is 0.638. The van der Waals surface area contributed by atoms with Crippen molar-refractivity contribution in [3.05, 3.63) is 34.9 Å². The topological polar surface area (TPSA) is 12.0 Å². The maximum absolute atomic E-state index is 3.61. The molecule has 0 aromatic heterocycles. The molecular formula is C15H23N. The van der Waals surface area contributed by atoms with Crippen molar-refractivity contribution in [1.29, 1.82) is 0 Å². The van der Waals surface area contributed by atoms with Crippen LogP contribution in [0.3, 0.4) is 0 Å². The van der Waals surface area contributed by atoms with Crippen molar-refractivity contribution in [2.24, 2.45) is 0 Å². The molecule has 2 rings (SSSR count). The summed E-state index contributed by atoms with van der Waals surface area (Å²) in [5.74, 6) is 0.631. The monoisotopic (exact) mass is 217 g/mol. The number of hydrogen-bond acceptors (Lipinski definition) is 1. The standard InChI is InChI=1S/C15H23N/c1-4-12-7-8-13(11(2)3)10-14(12)15-6-5-9-16-15/h7-8,10-11,15-16H,4-6,9H2,1-3H3. The highest BCUT2D eigenvalue weighted by Gasteiger charge is 2.19. The summed E-state index contributed by atoms with van der Waals surface area (Å²) in [6.07, 6.45) is 3.76. The Morgan fingerprint density at radius 1 is 1.38 bits per heavy atom. The van der Waals surface area contributed by atoms with Gasteiger partial charge in [-0.25, -0.2) is 0 Å². The zero-order valence-electron chi connectivity index (χ0n) is 10.7. The van der Waals surface area contributed by atoms with Crippen molar-refractivity contribution < 1.29 is 0 Å². The molecule has 0 radical (unpaired) electrons. The summed E-state index contributed by atoms with van der Waals surface area (Å²) < 4.78 is 0. The third-order valence-corrected chi connectivity index (χ3v) is 3.65. The molecule has 88 valence electrons. The van der Waals surface area contributed by atoms with Crippen LogP contribution in [0.5, 0.6) is 0 Å². The largest absolute Gasteiger partial charge is 0.310 e. The van der Waals surface area contributed by atoms with E-state index in [1.165, 1.54) is 30.5 Å². The fourth-order valence-electron chi connectivity index (χ4n) is 2.57. The Balaban J connectivity index is 2.34. The lowest BCUT2D eigenvalue weighted by Crippen LogP contribution is -2.15. The second kappa shape index (κ2) is 5.01. The summed E-state index contributed by atoms with van der Waals surface area (Å²) in [7, 11) is 0. The third kappa shape index (κ3) is 2.30. The Bertz CT molecular complexity index is 348. The first-order chi connectivity index (χ1) is 7.72. The van der Waals surface area contributed by atoms with Gasteiger partial charge >= 0.3 is 0 Å². The molecule has 0 amide bonds. The van der Waals surface area contributed by atoms with Gasteiger partial charge in [0.25, 0.3) is 0 Å². The van der Waals surface area contributed by atoms with Crippen molar-refractivity contribution in [3.63, 3.8) is 0 Å². The maximum atomic E-state index is 3.61. The van der Waals surface area contributed by atoms with E-state index in [0.717, 1.165) is 6.42 Å². The average Bonchev–Trinajstić information content (AvgIpc) is 2.81. The molecular weight excluding hydrogens is 194 g/mol. The van der Waals surface area contributed by atoms with Crippen molar-refractivity contribution >= 4 is 0 Å². The minimum absolute atomic E-state index is 0.605. The number of rotatable bonds is 3. The molecule has 1 aromatic carbocycles. The van der Waals surface area contributed by atoms with Crippen LogP contribution in [-0.2, 0) is 6.42 Å². The van der Waals surface area contributed by atoms with Gasteiger partial charge in [0, 0.05) is 6.04 Å². The minimum atomic E-state index is 0.605. The van der Waals surface area contributed by atoms with E-state index < -0.39 is 0 Å². The molecule has 1 nitrogen and oxygen atoms in total. The molecule has 0 aliphatic carbocycles. The first-order valence-electron chi connectivity index (χ1n) is 6.58. The van der Waals surface area contributed by atoms with Crippen molar-refractivity contribution in [3.8, 4) is 0 Å². The summed E-state index contributed by atoms with van der Waals surface area (Å²) in [4.78, 5) is 0. The van der Waals surface area contributed by atoms with Crippen LogP contribution in [0.4, 0.5) is 0 Å². The molecule has 0 spiro atoms. The second-order valence-electron chi connectivity index (χ2n) is 5.12. The van der Waals surface area contributed by atoms with Gasteiger partial charge in [-0.3, -0.25) is 0 Å². The number of benzene rings is 1. The van der Waals surface area contributed by atoms with Gasteiger partial charge in [-0.15, -0.1) is 0 Å². The Labute approximate surface area is 99.3 Å². The molecule has 16 heavy (non-hydrogen) atoms. The highest BCUT2D eigenvalue weighted by atomic mass is 14.9. The maximum Gasteiger partial charge on any atom is 0.0323 e. The second-order valence-corrected chi connectivity index (χ2v) is 5.12. The molecule has 1 N–H and O–H groups in total. The van der Waals surface area contributed by atoms with E-state index in [4.69, 9.17) is 0 Å². The molecule has 1 heterocycles. The molecule has 0 saturated carbocycles. The molecule has 1 heteroatoms. The van der Waals surface area contributed by atoms with E-state index in [1.54, 1.807) is 5.56 Å². The van der Waals surface area contributed by atoms with Crippen LogP contribution >= 0.6 is 0 Å². The normalized spacial score (nSPS) is 20.6. The van der Waals surface area contributed by atoms with Crippen LogP contribution in [0.15, 0.2) is 18.2 Å². The third-order valence-electron chi connectivity index (χ3n) is 3.65. The molecule has 1 unspecified atom stereocenters. The number of aryl methyl sites for hydroxylation is 1. The van der Waals surface area contributed by atoms with E-state index in [9.17, 15) is 0 Å². The van der Waals surface area contributed by atoms with Gasteiger partial charge in [-0.1, -0.05) is 39.0 Å². The molecule has 1 aliphatic heterocycles. The molecule has 1 atom stereocenters.